The van der Waals surface area contributed by atoms with E-state index in [-0.39, 0.29) is 7.05 Å². The zero-order chi connectivity index (χ0) is 21.8. The van der Waals surface area contributed by atoms with E-state index in [1.807, 2.05) is 0 Å². The Balaban J connectivity index is 6.61. The Kier molecular flexibility index (Phi) is 6.03. The third-order valence-corrected chi connectivity index (χ3v) is 5.07. The van der Waals surface area contributed by atoms with Gasteiger partial charge in [-0.1, -0.05) is 6.92 Å². The summed E-state index contributed by atoms with van der Waals surface area (Å²) in [5.41, 5.74) is 0. The Hall–Kier alpha value is -1.00. The van der Waals surface area contributed by atoms with Crippen LogP contribution in [0.3, 0.4) is 0 Å². The maximum Gasteiger partial charge on any atom is 0.460 e. The minimum absolute atomic E-state index is 0.111. The van der Waals surface area contributed by atoms with Gasteiger partial charge in [0, 0.05) is 13.6 Å². The van der Waals surface area contributed by atoms with Crippen molar-refractivity contribution < 1.29 is 65.5 Å². The molecule has 0 aromatic carbocycles. The minimum Gasteiger partial charge on any atom is -0.206 e. The third-order valence-electron chi connectivity index (χ3n) is 3.08. The number of alkyl halides is 13. The lowest BCUT2D eigenvalue weighted by atomic mass is 9.98. The van der Waals surface area contributed by atoms with Crippen LogP contribution in [0.2, 0.25) is 0 Å². The van der Waals surface area contributed by atoms with Crippen LogP contribution >= 0.6 is 0 Å². The van der Waals surface area contributed by atoms with E-state index in [2.05, 4.69) is 0 Å². The van der Waals surface area contributed by atoms with E-state index in [4.69, 9.17) is 0 Å². The summed E-state index contributed by atoms with van der Waals surface area (Å²) in [5.74, 6) is -32.0. The van der Waals surface area contributed by atoms with Crippen LogP contribution in [0.4, 0.5) is 57.1 Å². The highest BCUT2D eigenvalue weighted by Crippen LogP contribution is 2.61. The minimum atomic E-state index is -8.13. The molecule has 0 aromatic rings. The first-order valence-electron chi connectivity index (χ1n) is 5.90. The standard InChI is InChI=1S/C9H8F13NO2S/c1-3-23(2)26(24,25)9(21,22)7(16,17)5(12,13)4(10,11)6(14,15)8(18,19)20/h3H2,1-2H3. The first-order valence-corrected chi connectivity index (χ1v) is 7.34. The number of halogens is 13. The first kappa shape index (κ1) is 25.0. The molecule has 0 fully saturated rings. The normalized spacial score (nSPS) is 16.3. The molecule has 0 N–H and O–H groups in total. The second kappa shape index (κ2) is 6.27. The van der Waals surface area contributed by atoms with Crippen molar-refractivity contribution in [2.75, 3.05) is 13.6 Å². The number of hydrogen-bond donors (Lipinski definition) is 0. The molecule has 0 radical (unpaired) electrons. The second-order valence-electron chi connectivity index (χ2n) is 4.73. The summed E-state index contributed by atoms with van der Waals surface area (Å²) in [5, 5.41) is -7.17. The molecule has 26 heavy (non-hydrogen) atoms. The molecule has 0 aliphatic rings. The van der Waals surface area contributed by atoms with Crippen molar-refractivity contribution in [3.63, 3.8) is 0 Å². The largest absolute Gasteiger partial charge is 0.460 e. The van der Waals surface area contributed by atoms with Crippen LogP contribution in [0.25, 0.3) is 0 Å². The van der Waals surface area contributed by atoms with Gasteiger partial charge in [0.15, 0.2) is 0 Å². The summed E-state index contributed by atoms with van der Waals surface area (Å²) >= 11 is 0. The van der Waals surface area contributed by atoms with Gasteiger partial charge in [0.1, 0.15) is 0 Å². The number of sulfonamides is 1. The molecule has 158 valence electrons. The van der Waals surface area contributed by atoms with Crippen molar-refractivity contribution in [2.24, 2.45) is 0 Å². The number of rotatable bonds is 7. The molecule has 0 heterocycles. The van der Waals surface area contributed by atoms with E-state index in [0.717, 1.165) is 0 Å². The molecule has 0 unspecified atom stereocenters. The topological polar surface area (TPSA) is 37.4 Å². The number of nitrogens with zero attached hydrogens (tertiary/aromatic N) is 1. The predicted molar refractivity (Wildman–Crippen MR) is 58.0 cm³/mol. The van der Waals surface area contributed by atoms with Crippen molar-refractivity contribution >= 4 is 10.0 Å². The van der Waals surface area contributed by atoms with E-state index in [1.54, 1.807) is 0 Å². The summed E-state index contributed by atoms with van der Waals surface area (Å²) < 4.78 is 188. The van der Waals surface area contributed by atoms with Crippen LogP contribution in [0.15, 0.2) is 0 Å². The highest BCUT2D eigenvalue weighted by atomic mass is 32.2. The highest BCUT2D eigenvalue weighted by molar-refractivity contribution is 7.90. The molecule has 0 aromatic heterocycles. The molecule has 0 atom stereocenters. The smallest absolute Gasteiger partial charge is 0.206 e. The van der Waals surface area contributed by atoms with Crippen LogP contribution in [-0.4, -0.2) is 61.4 Å². The SMILES string of the molecule is CCN(C)S(=O)(=O)C(F)(F)C(F)(F)C(F)(F)C(F)(F)C(F)(F)C(F)(F)F. The molecular weight excluding hydrogens is 433 g/mol. The molecule has 0 saturated heterocycles. The Morgan fingerprint density at radius 3 is 1.23 bits per heavy atom. The van der Waals surface area contributed by atoms with Gasteiger partial charge in [-0.15, -0.1) is 0 Å². The fourth-order valence-corrected chi connectivity index (χ4v) is 2.47. The average molecular weight is 441 g/mol. The van der Waals surface area contributed by atoms with Gasteiger partial charge in [0.25, 0.3) is 10.0 Å². The molecule has 0 bridgehead atoms. The van der Waals surface area contributed by atoms with E-state index >= 15 is 0 Å². The van der Waals surface area contributed by atoms with Gasteiger partial charge < -0.3 is 0 Å². The van der Waals surface area contributed by atoms with Crippen LogP contribution in [0.1, 0.15) is 6.92 Å². The van der Waals surface area contributed by atoms with Crippen molar-refractivity contribution in [1.29, 1.82) is 0 Å². The van der Waals surface area contributed by atoms with Crippen molar-refractivity contribution in [1.82, 2.24) is 4.31 Å². The van der Waals surface area contributed by atoms with Crippen molar-refractivity contribution in [2.45, 2.75) is 42.0 Å². The second-order valence-corrected chi connectivity index (χ2v) is 6.82. The summed E-state index contributed by atoms with van der Waals surface area (Å²) in [7, 11) is -6.75. The Bertz CT molecular complexity index is 624. The fourth-order valence-electron chi connectivity index (χ4n) is 1.28. The van der Waals surface area contributed by atoms with Crippen LogP contribution < -0.4 is 0 Å². The molecule has 3 nitrogen and oxygen atoms in total. The van der Waals surface area contributed by atoms with Gasteiger partial charge in [-0.2, -0.15) is 61.4 Å². The maximum absolute atomic E-state index is 13.4. The summed E-state index contributed by atoms with van der Waals surface area (Å²) in [4.78, 5) is 0. The van der Waals surface area contributed by atoms with E-state index in [1.165, 1.54) is 0 Å². The monoisotopic (exact) mass is 441 g/mol. The lowest BCUT2D eigenvalue weighted by Gasteiger charge is -2.39. The van der Waals surface area contributed by atoms with Crippen LogP contribution in [0.5, 0.6) is 0 Å². The summed E-state index contributed by atoms with van der Waals surface area (Å²) in [6.07, 6.45) is -7.55. The van der Waals surface area contributed by atoms with Gasteiger partial charge in [0.2, 0.25) is 0 Å². The van der Waals surface area contributed by atoms with E-state index in [9.17, 15) is 65.5 Å². The summed E-state index contributed by atoms with van der Waals surface area (Å²) in [6, 6.07) is 0. The molecule has 0 saturated carbocycles. The van der Waals surface area contributed by atoms with Crippen molar-refractivity contribution in [3.8, 4) is 0 Å². The highest BCUT2D eigenvalue weighted by Gasteiger charge is 2.92. The lowest BCUT2D eigenvalue weighted by molar-refractivity contribution is -0.433. The Morgan fingerprint density at radius 2 is 0.962 bits per heavy atom. The number of hydrogen-bond acceptors (Lipinski definition) is 2. The zero-order valence-electron chi connectivity index (χ0n) is 12.3. The average Bonchev–Trinajstić information content (AvgIpc) is 2.43. The molecule has 17 heteroatoms. The molecule has 0 spiro atoms. The third kappa shape index (κ3) is 2.99. The van der Waals surface area contributed by atoms with Crippen LogP contribution in [0, 0.1) is 0 Å². The maximum atomic E-state index is 13.4. The van der Waals surface area contributed by atoms with Crippen LogP contribution in [-0.2, 0) is 10.0 Å². The van der Waals surface area contributed by atoms with E-state index in [0.29, 0.717) is 6.92 Å². The molecular formula is C9H8F13NO2S. The van der Waals surface area contributed by atoms with Gasteiger partial charge in [0.05, 0.1) is 0 Å². The lowest BCUT2D eigenvalue weighted by Crippen LogP contribution is -2.71. The first-order chi connectivity index (χ1) is 11.0. The van der Waals surface area contributed by atoms with Gasteiger partial charge in [-0.3, -0.25) is 0 Å². The van der Waals surface area contributed by atoms with Gasteiger partial charge >= 0.3 is 35.1 Å². The Labute approximate surface area is 136 Å². The van der Waals surface area contributed by atoms with Crippen molar-refractivity contribution in [3.05, 3.63) is 0 Å². The summed E-state index contributed by atoms with van der Waals surface area (Å²) in [6.45, 7) is -0.384. The molecule has 0 aliphatic carbocycles. The predicted octanol–water partition coefficient (Wildman–Crippen LogP) is 3.96. The van der Waals surface area contributed by atoms with E-state index < -0.39 is 56.0 Å². The molecule has 0 amide bonds. The van der Waals surface area contributed by atoms with Gasteiger partial charge in [-0.05, 0) is 0 Å². The Morgan fingerprint density at radius 1 is 0.654 bits per heavy atom. The molecule has 0 rings (SSSR count). The molecule has 0 aliphatic heterocycles. The van der Waals surface area contributed by atoms with Gasteiger partial charge in [-0.25, -0.2) is 8.42 Å². The zero-order valence-corrected chi connectivity index (χ0v) is 13.1. The fraction of sp³-hybridized carbons (Fsp3) is 1.00. The quantitative estimate of drug-likeness (QED) is 0.561.